The van der Waals surface area contributed by atoms with E-state index in [1.165, 1.54) is 0 Å². The van der Waals surface area contributed by atoms with Crippen LogP contribution in [0.1, 0.15) is 48.2 Å². The molecular weight excluding hydrogens is 677 g/mol. The van der Waals surface area contributed by atoms with E-state index in [1.807, 2.05) is 30.3 Å². The van der Waals surface area contributed by atoms with Crippen LogP contribution in [0.25, 0.3) is 0 Å². The molecule has 17 heteroatoms. The summed E-state index contributed by atoms with van der Waals surface area (Å²) < 4.78 is 84.5. The molecular formula is C33H37F3N8O5S. The van der Waals surface area contributed by atoms with Crippen LogP contribution in [0.3, 0.4) is 0 Å². The van der Waals surface area contributed by atoms with Gasteiger partial charge in [-0.2, -0.15) is 17.5 Å². The number of aromatic nitrogens is 5. The molecule has 5 heterocycles. The third kappa shape index (κ3) is 7.40. The SMILES string of the molecule is O=C1NC2(CCOc3ccc(C(F)(F)F)cc3S(=O)(=O)N3C[C@H](OCc4cn(Cc5ccccc5)nn4)C[C@@H]13)CCN(Cc1cnc[nH]1)CC2. The highest BCUT2D eigenvalue weighted by molar-refractivity contribution is 7.89. The molecule has 2 saturated heterocycles. The summed E-state index contributed by atoms with van der Waals surface area (Å²) >= 11 is 0. The van der Waals surface area contributed by atoms with E-state index in [2.05, 4.69) is 30.5 Å². The van der Waals surface area contributed by atoms with Crippen LogP contribution in [0.2, 0.25) is 0 Å². The monoisotopic (exact) mass is 714 g/mol. The van der Waals surface area contributed by atoms with Gasteiger partial charge in [0.1, 0.15) is 22.4 Å². The normalized spacial score (nSPS) is 22.7. The van der Waals surface area contributed by atoms with E-state index >= 15 is 0 Å². The fourth-order valence-electron chi connectivity index (χ4n) is 6.87. The van der Waals surface area contributed by atoms with E-state index in [-0.39, 0.29) is 31.9 Å². The van der Waals surface area contributed by atoms with Crippen molar-refractivity contribution in [1.29, 1.82) is 0 Å². The standard InChI is InChI=1S/C33H37F3N8O5S/c34-33(35,36)24-6-7-29-30(14-24)50(46,47)44-20-27(49-21-26-19-43(41-40-26)17-23-4-2-1-3-5-23)15-28(44)31(45)39-32(10-13-48-29)8-11-42(12-9-32)18-25-16-37-22-38-25/h1-7,14,16,19,22,27-28H,8-13,15,17-18,20-21H2,(H,37,38)(H,39,45)/t27-,28+/m1/s1. The molecule has 1 amide bonds. The van der Waals surface area contributed by atoms with Crippen LogP contribution >= 0.6 is 0 Å². The lowest BCUT2D eigenvalue weighted by Gasteiger charge is -2.43. The molecule has 266 valence electrons. The third-order valence-electron chi connectivity index (χ3n) is 9.61. The van der Waals surface area contributed by atoms with Crippen molar-refractivity contribution in [3.8, 4) is 5.75 Å². The fourth-order valence-corrected chi connectivity index (χ4v) is 8.66. The largest absolute Gasteiger partial charge is 0.492 e. The van der Waals surface area contributed by atoms with Gasteiger partial charge < -0.3 is 19.8 Å². The van der Waals surface area contributed by atoms with Gasteiger partial charge in [0, 0.05) is 56.5 Å². The molecule has 7 rings (SSSR count). The van der Waals surface area contributed by atoms with Gasteiger partial charge in [-0.3, -0.25) is 9.69 Å². The number of aromatic amines is 1. The summed E-state index contributed by atoms with van der Waals surface area (Å²) in [6.45, 7) is 2.19. The van der Waals surface area contributed by atoms with Crippen molar-refractivity contribution < 1.29 is 35.9 Å². The first kappa shape index (κ1) is 34.1. The number of fused-ring (bicyclic) bond motifs is 2. The van der Waals surface area contributed by atoms with Crippen LogP contribution in [-0.4, -0.2) is 92.4 Å². The van der Waals surface area contributed by atoms with E-state index in [9.17, 15) is 26.4 Å². The average molecular weight is 715 g/mol. The number of likely N-dealkylation sites (tertiary alicyclic amines) is 1. The zero-order valence-electron chi connectivity index (χ0n) is 27.1. The summed E-state index contributed by atoms with van der Waals surface area (Å²) in [6, 6.07) is 10.9. The smallest absolute Gasteiger partial charge is 0.416 e. The van der Waals surface area contributed by atoms with E-state index in [0.29, 0.717) is 57.2 Å². The highest BCUT2D eigenvalue weighted by atomic mass is 32.2. The number of halogens is 3. The minimum atomic E-state index is -4.80. The molecule has 0 aliphatic carbocycles. The van der Waals surface area contributed by atoms with Crippen molar-refractivity contribution in [2.75, 3.05) is 26.2 Å². The molecule has 2 fully saturated rings. The second kappa shape index (κ2) is 13.8. The Balaban J connectivity index is 1.13. The van der Waals surface area contributed by atoms with Crippen molar-refractivity contribution in [2.45, 2.75) is 74.1 Å². The third-order valence-corrected chi connectivity index (χ3v) is 11.5. The Morgan fingerprint density at radius 3 is 2.60 bits per heavy atom. The molecule has 3 aliphatic heterocycles. The predicted molar refractivity (Wildman–Crippen MR) is 172 cm³/mol. The molecule has 50 heavy (non-hydrogen) atoms. The van der Waals surface area contributed by atoms with Crippen molar-refractivity contribution >= 4 is 15.9 Å². The highest BCUT2D eigenvalue weighted by Crippen LogP contribution is 2.39. The number of carbonyl (C=O) groups is 1. The number of benzene rings is 2. The molecule has 0 unspecified atom stereocenters. The summed E-state index contributed by atoms with van der Waals surface area (Å²) in [5, 5.41) is 11.5. The zero-order valence-corrected chi connectivity index (χ0v) is 27.9. The summed E-state index contributed by atoms with van der Waals surface area (Å²) in [7, 11) is -4.66. The topological polar surface area (TPSA) is 148 Å². The second-order valence-electron chi connectivity index (χ2n) is 13.0. The van der Waals surface area contributed by atoms with Crippen LogP contribution in [0.15, 0.2) is 72.1 Å². The van der Waals surface area contributed by atoms with Gasteiger partial charge in [0.15, 0.2) is 0 Å². The van der Waals surface area contributed by atoms with Crippen molar-refractivity contribution in [2.24, 2.45) is 0 Å². The second-order valence-corrected chi connectivity index (χ2v) is 14.9. The maximum Gasteiger partial charge on any atom is 0.416 e. The molecule has 2 atom stereocenters. The Bertz CT molecular complexity index is 1900. The molecule has 3 aliphatic rings. The Labute approximate surface area is 286 Å². The number of amides is 1. The summed E-state index contributed by atoms with van der Waals surface area (Å²) in [6.07, 6.45) is 1.02. The van der Waals surface area contributed by atoms with Crippen molar-refractivity contribution in [1.82, 2.24) is 39.5 Å². The van der Waals surface area contributed by atoms with Gasteiger partial charge in [0.2, 0.25) is 15.9 Å². The number of alkyl halides is 3. The molecule has 4 aromatic rings. The quantitative estimate of drug-likeness (QED) is 0.294. The van der Waals surface area contributed by atoms with Gasteiger partial charge in [-0.1, -0.05) is 35.5 Å². The predicted octanol–water partition coefficient (Wildman–Crippen LogP) is 3.35. The number of sulfonamides is 1. The maximum atomic E-state index is 14.2. The number of rotatable bonds is 7. The maximum absolute atomic E-state index is 14.2. The van der Waals surface area contributed by atoms with Crippen molar-refractivity contribution in [3.63, 3.8) is 0 Å². The van der Waals surface area contributed by atoms with Gasteiger partial charge in [-0.05, 0) is 36.6 Å². The van der Waals surface area contributed by atoms with E-state index in [0.717, 1.165) is 27.7 Å². The van der Waals surface area contributed by atoms with Gasteiger partial charge >= 0.3 is 6.18 Å². The first-order valence-electron chi connectivity index (χ1n) is 16.4. The number of ether oxygens (including phenoxy) is 2. The number of hydrogen-bond acceptors (Lipinski definition) is 9. The lowest BCUT2D eigenvalue weighted by Crippen LogP contribution is -2.59. The molecule has 2 N–H and O–H groups in total. The lowest BCUT2D eigenvalue weighted by molar-refractivity contribution is -0.137. The number of H-pyrrole nitrogens is 1. The molecule has 2 aromatic carbocycles. The van der Waals surface area contributed by atoms with Gasteiger partial charge in [0.25, 0.3) is 0 Å². The molecule has 0 radical (unpaired) electrons. The number of hydrogen-bond donors (Lipinski definition) is 2. The minimum absolute atomic E-state index is 0.000394. The van der Waals surface area contributed by atoms with Gasteiger partial charge in [-0.25, -0.2) is 18.1 Å². The van der Waals surface area contributed by atoms with Crippen LogP contribution in [0.5, 0.6) is 5.75 Å². The Hall–Kier alpha value is -4.32. The molecule has 13 nitrogen and oxygen atoms in total. The van der Waals surface area contributed by atoms with Crippen molar-refractivity contribution in [3.05, 3.63) is 89.8 Å². The number of nitrogens with zero attached hydrogens (tertiary/aromatic N) is 6. The first-order chi connectivity index (χ1) is 24.0. The Kier molecular flexibility index (Phi) is 9.40. The molecule has 2 aromatic heterocycles. The fraction of sp³-hybridized carbons (Fsp3) is 0.455. The number of imidazole rings is 1. The Morgan fingerprint density at radius 2 is 1.86 bits per heavy atom. The van der Waals surface area contributed by atoms with E-state index in [4.69, 9.17) is 9.47 Å². The number of carbonyl (C=O) groups excluding carboxylic acids is 1. The van der Waals surface area contributed by atoms with Crippen LogP contribution in [0.4, 0.5) is 13.2 Å². The summed E-state index contributed by atoms with van der Waals surface area (Å²) in [4.78, 5) is 22.9. The summed E-state index contributed by atoms with van der Waals surface area (Å²) in [5.74, 6) is -0.719. The minimum Gasteiger partial charge on any atom is -0.492 e. The first-order valence-corrected chi connectivity index (χ1v) is 17.8. The van der Waals surface area contributed by atoms with Crippen LogP contribution in [-0.2, 0) is 45.4 Å². The summed E-state index contributed by atoms with van der Waals surface area (Å²) in [5.41, 5.74) is 0.645. The zero-order chi connectivity index (χ0) is 34.9. The number of nitrogens with one attached hydrogen (secondary N) is 2. The van der Waals surface area contributed by atoms with E-state index in [1.54, 1.807) is 23.4 Å². The van der Waals surface area contributed by atoms with Crippen LogP contribution in [0, 0.1) is 0 Å². The molecule has 0 saturated carbocycles. The van der Waals surface area contributed by atoms with Crippen LogP contribution < -0.4 is 10.1 Å². The molecule has 0 bridgehead atoms. The highest BCUT2D eigenvalue weighted by Gasteiger charge is 2.48. The lowest BCUT2D eigenvalue weighted by atomic mass is 9.84. The average Bonchev–Trinajstić information content (AvgIpc) is 3.87. The molecule has 1 spiro atoms. The van der Waals surface area contributed by atoms with Gasteiger partial charge in [0.05, 0.1) is 44.0 Å². The number of piperidine rings is 1. The van der Waals surface area contributed by atoms with E-state index < -0.39 is 50.3 Å². The Morgan fingerprint density at radius 1 is 1.06 bits per heavy atom. The van der Waals surface area contributed by atoms with Gasteiger partial charge in [-0.15, -0.1) is 5.10 Å².